The van der Waals surface area contributed by atoms with Crippen molar-refractivity contribution in [3.05, 3.63) is 46.2 Å². The zero-order valence-electron chi connectivity index (χ0n) is 9.19. The molecule has 2 N–H and O–H groups in total. The van der Waals surface area contributed by atoms with Crippen LogP contribution in [0.1, 0.15) is 10.4 Å². The average molecular weight is 302 g/mol. The van der Waals surface area contributed by atoms with E-state index in [1.807, 2.05) is 0 Å². The number of hydrogen-bond donors (Lipinski definition) is 2. The molecule has 0 unspecified atom stereocenters. The lowest BCUT2D eigenvalue weighted by Gasteiger charge is -2.08. The third-order valence-electron chi connectivity index (χ3n) is 2.19. The van der Waals surface area contributed by atoms with E-state index in [0.717, 1.165) is 18.5 Å². The average Bonchev–Trinajstić information content (AvgIpc) is 2.33. The topological polar surface area (TPSA) is 75.1 Å². The third-order valence-corrected chi connectivity index (χ3v) is 2.76. The van der Waals surface area contributed by atoms with Crippen LogP contribution in [0.2, 0.25) is 10.3 Å². The maximum absolute atomic E-state index is 13.5. The number of phenols is 1. The second-order valence-corrected chi connectivity index (χ2v) is 4.16. The van der Waals surface area contributed by atoms with Crippen LogP contribution in [0, 0.1) is 5.82 Å². The first-order valence-corrected chi connectivity index (χ1v) is 5.70. The molecule has 0 saturated heterocycles. The van der Waals surface area contributed by atoms with Gasteiger partial charge in [0.1, 0.15) is 23.6 Å². The van der Waals surface area contributed by atoms with Gasteiger partial charge in [-0.3, -0.25) is 4.79 Å². The van der Waals surface area contributed by atoms with Crippen molar-refractivity contribution in [3.63, 3.8) is 0 Å². The van der Waals surface area contributed by atoms with Crippen LogP contribution in [0.25, 0.3) is 0 Å². The summed E-state index contributed by atoms with van der Waals surface area (Å²) in [5.74, 6) is -1.94. The highest BCUT2D eigenvalue weighted by Gasteiger charge is 2.16. The van der Waals surface area contributed by atoms with E-state index in [9.17, 15) is 9.18 Å². The number of nitrogens with zero attached hydrogens (tertiary/aromatic N) is 2. The van der Waals surface area contributed by atoms with Crippen LogP contribution in [0.5, 0.6) is 5.75 Å². The molecule has 1 amide bonds. The molecular weight excluding hydrogens is 296 g/mol. The van der Waals surface area contributed by atoms with E-state index in [-0.39, 0.29) is 27.3 Å². The van der Waals surface area contributed by atoms with E-state index >= 15 is 0 Å². The summed E-state index contributed by atoms with van der Waals surface area (Å²) in [6, 6.07) is 3.13. The van der Waals surface area contributed by atoms with Gasteiger partial charge in [0.2, 0.25) is 0 Å². The van der Waals surface area contributed by atoms with Gasteiger partial charge in [-0.05, 0) is 12.1 Å². The molecule has 0 atom stereocenters. The van der Waals surface area contributed by atoms with Crippen molar-refractivity contribution in [2.45, 2.75) is 0 Å². The predicted molar refractivity (Wildman–Crippen MR) is 68.1 cm³/mol. The summed E-state index contributed by atoms with van der Waals surface area (Å²) >= 11 is 11.5. The molecule has 0 aliphatic rings. The predicted octanol–water partition coefficient (Wildman–Crippen LogP) is 2.88. The minimum Gasteiger partial charge on any atom is -0.508 e. The number of halogens is 3. The lowest BCUT2D eigenvalue weighted by atomic mass is 10.2. The second kappa shape index (κ2) is 5.38. The van der Waals surface area contributed by atoms with E-state index in [0.29, 0.717) is 0 Å². The molecule has 2 rings (SSSR count). The first-order valence-electron chi connectivity index (χ1n) is 4.95. The van der Waals surface area contributed by atoms with Crippen LogP contribution in [0.3, 0.4) is 0 Å². The van der Waals surface area contributed by atoms with E-state index in [4.69, 9.17) is 28.3 Å². The Labute approximate surface area is 117 Å². The zero-order chi connectivity index (χ0) is 14.0. The molecule has 8 heteroatoms. The van der Waals surface area contributed by atoms with Crippen LogP contribution in [-0.4, -0.2) is 21.0 Å². The van der Waals surface area contributed by atoms with E-state index < -0.39 is 11.7 Å². The molecule has 0 aliphatic heterocycles. The molecule has 0 spiro atoms. The third kappa shape index (κ3) is 2.91. The molecule has 19 heavy (non-hydrogen) atoms. The number of aromatic hydroxyl groups is 1. The Balaban J connectivity index is 2.31. The van der Waals surface area contributed by atoms with Crippen molar-refractivity contribution in [1.82, 2.24) is 9.97 Å². The van der Waals surface area contributed by atoms with Crippen molar-refractivity contribution in [2.75, 3.05) is 5.32 Å². The molecule has 0 fully saturated rings. The number of carbonyl (C=O) groups is 1. The Morgan fingerprint density at radius 2 is 1.89 bits per heavy atom. The van der Waals surface area contributed by atoms with Crippen LogP contribution < -0.4 is 5.32 Å². The summed E-state index contributed by atoms with van der Waals surface area (Å²) in [4.78, 5) is 19.1. The quantitative estimate of drug-likeness (QED) is 0.836. The lowest BCUT2D eigenvalue weighted by molar-refractivity contribution is 0.102. The van der Waals surface area contributed by atoms with Crippen molar-refractivity contribution < 1.29 is 14.3 Å². The first-order chi connectivity index (χ1) is 8.99. The number of hydrogen-bond acceptors (Lipinski definition) is 4. The fourth-order valence-corrected chi connectivity index (χ4v) is 1.73. The SMILES string of the molecule is O=C(Nc1c(Cl)ncnc1Cl)c1ccc(O)cc1F. The van der Waals surface area contributed by atoms with Gasteiger partial charge in [-0.1, -0.05) is 23.2 Å². The van der Waals surface area contributed by atoms with Gasteiger partial charge in [0.15, 0.2) is 10.3 Å². The van der Waals surface area contributed by atoms with Gasteiger partial charge in [0.05, 0.1) is 5.56 Å². The highest BCUT2D eigenvalue weighted by molar-refractivity contribution is 6.38. The molecule has 0 bridgehead atoms. The van der Waals surface area contributed by atoms with E-state index in [1.54, 1.807) is 0 Å². The molecule has 0 saturated carbocycles. The summed E-state index contributed by atoms with van der Waals surface area (Å²) in [5, 5.41) is 11.2. The van der Waals surface area contributed by atoms with Crippen molar-refractivity contribution in [2.24, 2.45) is 0 Å². The Morgan fingerprint density at radius 3 is 2.47 bits per heavy atom. The van der Waals surface area contributed by atoms with Crippen LogP contribution in [-0.2, 0) is 0 Å². The number of amides is 1. The Hall–Kier alpha value is -1.92. The standard InChI is InChI=1S/C11H6Cl2FN3O2/c12-9-8(10(13)16-4-15-9)17-11(19)6-2-1-5(18)3-7(6)14/h1-4,18H,(H,17,19). The number of nitrogens with one attached hydrogen (secondary N) is 1. The van der Waals surface area contributed by atoms with Gasteiger partial charge in [-0.15, -0.1) is 0 Å². The highest BCUT2D eigenvalue weighted by atomic mass is 35.5. The molecule has 1 aromatic carbocycles. The van der Waals surface area contributed by atoms with Gasteiger partial charge in [-0.25, -0.2) is 14.4 Å². The normalized spacial score (nSPS) is 10.3. The van der Waals surface area contributed by atoms with Crippen molar-refractivity contribution in [1.29, 1.82) is 0 Å². The minimum absolute atomic E-state index is 0.0108. The highest BCUT2D eigenvalue weighted by Crippen LogP contribution is 2.26. The number of phenolic OH excluding ortho intramolecular Hbond substituents is 1. The van der Waals surface area contributed by atoms with Gasteiger partial charge in [-0.2, -0.15) is 0 Å². The smallest absolute Gasteiger partial charge is 0.258 e. The second-order valence-electron chi connectivity index (χ2n) is 3.45. The summed E-state index contributed by atoms with van der Waals surface area (Å²) in [6.45, 7) is 0. The molecule has 1 aromatic heterocycles. The number of rotatable bonds is 2. The number of aromatic nitrogens is 2. The first kappa shape index (κ1) is 13.5. The number of carbonyl (C=O) groups excluding carboxylic acids is 1. The van der Waals surface area contributed by atoms with E-state index in [2.05, 4.69) is 15.3 Å². The molecule has 2 aromatic rings. The summed E-state index contributed by atoms with van der Waals surface area (Å²) in [7, 11) is 0. The van der Waals surface area contributed by atoms with Gasteiger partial charge in [0.25, 0.3) is 5.91 Å². The Morgan fingerprint density at radius 1 is 1.26 bits per heavy atom. The van der Waals surface area contributed by atoms with E-state index in [1.165, 1.54) is 6.07 Å². The van der Waals surface area contributed by atoms with Crippen molar-refractivity contribution in [3.8, 4) is 5.75 Å². The summed E-state index contributed by atoms with van der Waals surface area (Å²) in [6.07, 6.45) is 1.13. The molecule has 0 radical (unpaired) electrons. The van der Waals surface area contributed by atoms with Gasteiger partial charge >= 0.3 is 0 Å². The number of anilines is 1. The van der Waals surface area contributed by atoms with Crippen LogP contribution in [0.15, 0.2) is 24.5 Å². The number of benzene rings is 1. The van der Waals surface area contributed by atoms with Crippen LogP contribution in [0.4, 0.5) is 10.1 Å². The molecule has 0 aliphatic carbocycles. The summed E-state index contributed by atoms with van der Waals surface area (Å²) in [5.41, 5.74) is -0.280. The van der Waals surface area contributed by atoms with Crippen LogP contribution >= 0.6 is 23.2 Å². The monoisotopic (exact) mass is 301 g/mol. The van der Waals surface area contributed by atoms with Gasteiger partial charge in [0, 0.05) is 6.07 Å². The molecular formula is C11H6Cl2FN3O2. The largest absolute Gasteiger partial charge is 0.508 e. The van der Waals surface area contributed by atoms with Gasteiger partial charge < -0.3 is 10.4 Å². The lowest BCUT2D eigenvalue weighted by Crippen LogP contribution is -2.15. The zero-order valence-corrected chi connectivity index (χ0v) is 10.7. The maximum atomic E-state index is 13.5. The Kier molecular flexibility index (Phi) is 3.82. The van der Waals surface area contributed by atoms with Crippen molar-refractivity contribution >= 4 is 34.8 Å². The molecule has 5 nitrogen and oxygen atoms in total. The molecule has 98 valence electrons. The molecule has 1 heterocycles. The fourth-order valence-electron chi connectivity index (χ4n) is 1.32. The fraction of sp³-hybridized carbons (Fsp3) is 0. The Bertz CT molecular complexity index is 632. The maximum Gasteiger partial charge on any atom is 0.258 e. The summed E-state index contributed by atoms with van der Waals surface area (Å²) < 4.78 is 13.5. The minimum atomic E-state index is -0.874.